The van der Waals surface area contributed by atoms with Gasteiger partial charge in [-0.2, -0.15) is 0 Å². The monoisotopic (exact) mass is 425 g/mol. The van der Waals surface area contributed by atoms with E-state index >= 15 is 0 Å². The summed E-state index contributed by atoms with van der Waals surface area (Å²) in [5, 5.41) is 19.7. The van der Waals surface area contributed by atoms with E-state index in [0.29, 0.717) is 43.2 Å². The summed E-state index contributed by atoms with van der Waals surface area (Å²) in [6.45, 7) is 3.90. The molecule has 0 unspecified atom stereocenters. The van der Waals surface area contributed by atoms with Crippen molar-refractivity contribution in [2.45, 2.75) is 45.1 Å². The van der Waals surface area contributed by atoms with Crippen LogP contribution in [0.4, 0.5) is 11.5 Å². The van der Waals surface area contributed by atoms with E-state index in [1.165, 1.54) is 25.3 Å². The van der Waals surface area contributed by atoms with Crippen LogP contribution in [0.2, 0.25) is 0 Å². The molecule has 0 spiro atoms. The Balaban J connectivity index is 1.35. The third-order valence-electron chi connectivity index (χ3n) is 6.09. The smallest absolute Gasteiger partial charge is 0.273 e. The first-order valence-corrected chi connectivity index (χ1v) is 10.8. The summed E-state index contributed by atoms with van der Waals surface area (Å²) >= 11 is 0. The van der Waals surface area contributed by atoms with Crippen LogP contribution in [-0.2, 0) is 0 Å². The molecule has 2 fully saturated rings. The van der Waals surface area contributed by atoms with Gasteiger partial charge in [-0.3, -0.25) is 14.9 Å². The van der Waals surface area contributed by atoms with Gasteiger partial charge in [0.1, 0.15) is 6.10 Å². The number of rotatable bonds is 5. The average molecular weight is 425 g/mol. The largest absolute Gasteiger partial charge is 0.473 e. The number of aromatic nitrogens is 2. The number of anilines is 1. The van der Waals surface area contributed by atoms with Gasteiger partial charge < -0.3 is 14.5 Å². The number of nitro benzene ring substituents is 1. The summed E-state index contributed by atoms with van der Waals surface area (Å²) in [5.74, 6) is 1.14. The molecule has 1 saturated carbocycles. The van der Waals surface area contributed by atoms with E-state index in [4.69, 9.17) is 4.74 Å². The summed E-state index contributed by atoms with van der Waals surface area (Å²) in [6, 6.07) is 8.40. The molecule has 2 aromatic rings. The van der Waals surface area contributed by atoms with Gasteiger partial charge >= 0.3 is 0 Å². The molecule has 2 heterocycles. The molecule has 0 N–H and O–H groups in total. The van der Waals surface area contributed by atoms with Gasteiger partial charge in [0.2, 0.25) is 5.88 Å². The van der Waals surface area contributed by atoms with Crippen molar-refractivity contribution in [3.63, 3.8) is 0 Å². The normalized spacial score (nSPS) is 17.5. The lowest BCUT2D eigenvalue weighted by Crippen LogP contribution is -2.49. The van der Waals surface area contributed by atoms with E-state index in [0.717, 1.165) is 18.7 Å². The van der Waals surface area contributed by atoms with E-state index in [-0.39, 0.29) is 17.7 Å². The van der Waals surface area contributed by atoms with Crippen molar-refractivity contribution >= 4 is 17.4 Å². The van der Waals surface area contributed by atoms with E-state index in [2.05, 4.69) is 15.1 Å². The first-order chi connectivity index (χ1) is 15.0. The fraction of sp³-hybridized carbons (Fsp3) is 0.500. The number of nitro groups is 1. The Bertz CT molecular complexity index is 935. The Hall–Kier alpha value is -3.23. The third-order valence-corrected chi connectivity index (χ3v) is 6.09. The highest BCUT2D eigenvalue weighted by Gasteiger charge is 2.26. The number of ether oxygens (including phenoxy) is 1. The fourth-order valence-electron chi connectivity index (χ4n) is 4.26. The lowest BCUT2D eigenvalue weighted by atomic mass is 9.98. The molecule has 9 nitrogen and oxygen atoms in total. The van der Waals surface area contributed by atoms with Crippen LogP contribution in [0.1, 0.15) is 48.0 Å². The van der Waals surface area contributed by atoms with Crippen molar-refractivity contribution in [3.05, 3.63) is 51.6 Å². The van der Waals surface area contributed by atoms with Crippen LogP contribution >= 0.6 is 0 Å². The van der Waals surface area contributed by atoms with Crippen LogP contribution in [0.25, 0.3) is 0 Å². The second-order valence-corrected chi connectivity index (χ2v) is 8.09. The van der Waals surface area contributed by atoms with Crippen molar-refractivity contribution in [1.29, 1.82) is 0 Å². The van der Waals surface area contributed by atoms with Gasteiger partial charge in [0.05, 0.1) is 4.92 Å². The maximum Gasteiger partial charge on any atom is 0.273 e. The molecule has 9 heteroatoms. The number of carbonyl (C=O) groups excluding carboxylic acids is 1. The highest BCUT2D eigenvalue weighted by atomic mass is 16.6. The quantitative estimate of drug-likeness (QED) is 0.535. The zero-order chi connectivity index (χ0) is 21.8. The van der Waals surface area contributed by atoms with Crippen LogP contribution in [-0.4, -0.2) is 58.2 Å². The predicted octanol–water partition coefficient (Wildman–Crippen LogP) is 3.37. The first kappa shape index (κ1) is 21.0. The van der Waals surface area contributed by atoms with E-state index in [1.54, 1.807) is 24.0 Å². The third kappa shape index (κ3) is 4.76. The highest BCUT2D eigenvalue weighted by Crippen LogP contribution is 2.25. The van der Waals surface area contributed by atoms with Crippen LogP contribution in [0.3, 0.4) is 0 Å². The second kappa shape index (κ2) is 9.28. The van der Waals surface area contributed by atoms with Crippen LogP contribution < -0.4 is 9.64 Å². The van der Waals surface area contributed by atoms with Gasteiger partial charge in [0.15, 0.2) is 5.82 Å². The van der Waals surface area contributed by atoms with Crippen LogP contribution in [0.5, 0.6) is 5.88 Å². The molecule has 1 aromatic carbocycles. The number of benzene rings is 1. The number of nitrogens with zero attached hydrogens (tertiary/aromatic N) is 5. The zero-order valence-electron chi connectivity index (χ0n) is 17.7. The second-order valence-electron chi connectivity index (χ2n) is 8.09. The molecule has 0 radical (unpaired) electrons. The molecule has 0 bridgehead atoms. The summed E-state index contributed by atoms with van der Waals surface area (Å²) in [5.41, 5.74) is 0.751. The van der Waals surface area contributed by atoms with E-state index < -0.39 is 4.92 Å². The Morgan fingerprint density at radius 3 is 2.45 bits per heavy atom. The topological polar surface area (TPSA) is 102 Å². The number of carbonyl (C=O) groups is 1. The molecular formula is C22H27N5O4. The molecule has 4 rings (SSSR count). The number of hydrogen-bond donors (Lipinski definition) is 0. The van der Waals surface area contributed by atoms with Crippen molar-refractivity contribution in [1.82, 2.24) is 15.1 Å². The molecule has 1 aliphatic heterocycles. The maximum absolute atomic E-state index is 12.9. The summed E-state index contributed by atoms with van der Waals surface area (Å²) in [6.07, 6.45) is 6.07. The van der Waals surface area contributed by atoms with Gasteiger partial charge in [-0.1, -0.05) is 12.5 Å². The van der Waals surface area contributed by atoms with Crippen molar-refractivity contribution in [2.24, 2.45) is 0 Å². The van der Waals surface area contributed by atoms with Crippen molar-refractivity contribution in [3.8, 4) is 5.88 Å². The van der Waals surface area contributed by atoms with E-state index in [1.807, 2.05) is 12.1 Å². The fourth-order valence-corrected chi connectivity index (χ4v) is 4.26. The lowest BCUT2D eigenvalue weighted by molar-refractivity contribution is -0.385. The minimum absolute atomic E-state index is 0.0321. The lowest BCUT2D eigenvalue weighted by Gasteiger charge is -2.35. The molecule has 1 aliphatic carbocycles. The molecule has 31 heavy (non-hydrogen) atoms. The molecule has 1 amide bonds. The summed E-state index contributed by atoms with van der Waals surface area (Å²) in [4.78, 5) is 27.4. The SMILES string of the molecule is Cc1c(C(=O)N2CCN(c3ccc(OC4CCCCC4)nn3)CC2)cccc1[N+](=O)[O-]. The summed E-state index contributed by atoms with van der Waals surface area (Å²) < 4.78 is 5.94. The Labute approximate surface area is 181 Å². The maximum atomic E-state index is 12.9. The molecule has 2 aliphatic rings. The Kier molecular flexibility index (Phi) is 6.29. The zero-order valence-corrected chi connectivity index (χ0v) is 17.7. The predicted molar refractivity (Wildman–Crippen MR) is 115 cm³/mol. The van der Waals surface area contributed by atoms with Gasteiger partial charge in [0, 0.05) is 49.4 Å². The van der Waals surface area contributed by atoms with E-state index in [9.17, 15) is 14.9 Å². The van der Waals surface area contributed by atoms with Crippen LogP contribution in [0.15, 0.2) is 30.3 Å². The standard InChI is InChI=1S/C22H27N5O4/c1-16-18(8-5-9-19(16)27(29)30)22(28)26-14-12-25(13-15-26)20-10-11-21(24-23-20)31-17-6-3-2-4-7-17/h5,8-11,17H,2-4,6-7,12-15H2,1H3. The minimum Gasteiger partial charge on any atom is -0.473 e. The molecular weight excluding hydrogens is 398 g/mol. The molecule has 0 atom stereocenters. The number of amides is 1. The highest BCUT2D eigenvalue weighted by molar-refractivity contribution is 5.96. The average Bonchev–Trinajstić information content (AvgIpc) is 2.80. The summed E-state index contributed by atoms with van der Waals surface area (Å²) in [7, 11) is 0. The van der Waals surface area contributed by atoms with Gasteiger partial charge in [-0.05, 0) is 44.7 Å². The molecule has 164 valence electrons. The Morgan fingerprint density at radius 1 is 1.06 bits per heavy atom. The van der Waals surface area contributed by atoms with Gasteiger partial charge in [-0.25, -0.2) is 0 Å². The number of piperazine rings is 1. The van der Waals surface area contributed by atoms with Crippen molar-refractivity contribution < 1.29 is 14.5 Å². The van der Waals surface area contributed by atoms with Gasteiger partial charge in [-0.15, -0.1) is 10.2 Å². The van der Waals surface area contributed by atoms with Crippen LogP contribution in [0, 0.1) is 17.0 Å². The van der Waals surface area contributed by atoms with Crippen molar-refractivity contribution in [2.75, 3.05) is 31.1 Å². The van der Waals surface area contributed by atoms with Gasteiger partial charge in [0.25, 0.3) is 11.6 Å². The number of hydrogen-bond acceptors (Lipinski definition) is 7. The minimum atomic E-state index is -0.454. The first-order valence-electron chi connectivity index (χ1n) is 10.8. The molecule has 1 aromatic heterocycles. The molecule has 1 saturated heterocycles. The Morgan fingerprint density at radius 2 is 1.81 bits per heavy atom.